The van der Waals surface area contributed by atoms with Crippen molar-refractivity contribution in [3.05, 3.63) is 77.6 Å². The van der Waals surface area contributed by atoms with Gasteiger partial charge in [-0.1, -0.05) is 41.6 Å². The summed E-state index contributed by atoms with van der Waals surface area (Å²) in [5.41, 5.74) is 8.58. The largest absolute Gasteiger partial charge is 0.507 e. The van der Waals surface area contributed by atoms with Gasteiger partial charge in [-0.3, -0.25) is 0 Å². The molecule has 124 valence electrons. The maximum atomic E-state index is 10.0. The second-order valence-corrected chi connectivity index (χ2v) is 5.29. The summed E-state index contributed by atoms with van der Waals surface area (Å²) in [6, 6.07) is 14.3. The first-order valence-corrected chi connectivity index (χ1v) is 7.54. The molecule has 0 radical (unpaired) electrons. The molecule has 0 amide bonds. The molecule has 2 aromatic carbocycles. The number of benzene rings is 2. The number of oxime groups is 1. The Kier molecular flexibility index (Phi) is 4.71. The first-order chi connectivity index (χ1) is 12.2. The van der Waals surface area contributed by atoms with Crippen LogP contribution in [0.5, 0.6) is 5.75 Å². The van der Waals surface area contributed by atoms with Crippen LogP contribution in [0.3, 0.4) is 0 Å². The molecule has 0 unspecified atom stereocenters. The highest BCUT2D eigenvalue weighted by atomic mass is 16.4. The van der Waals surface area contributed by atoms with Crippen molar-refractivity contribution in [1.82, 2.24) is 9.97 Å². The SMILES string of the molecule is N/C(=N\O)c1cccc(/C=C/c2ccc(O)c(-c3ncccn3)c2)c1. The van der Waals surface area contributed by atoms with E-state index < -0.39 is 0 Å². The first kappa shape index (κ1) is 16.2. The van der Waals surface area contributed by atoms with Gasteiger partial charge in [-0.05, 0) is 35.4 Å². The molecule has 0 aliphatic heterocycles. The molecule has 0 saturated carbocycles. The molecule has 25 heavy (non-hydrogen) atoms. The van der Waals surface area contributed by atoms with Crippen molar-refractivity contribution in [2.45, 2.75) is 0 Å². The van der Waals surface area contributed by atoms with Crippen LogP contribution in [0, 0.1) is 0 Å². The molecular weight excluding hydrogens is 316 g/mol. The molecule has 0 bridgehead atoms. The Morgan fingerprint density at radius 2 is 1.68 bits per heavy atom. The lowest BCUT2D eigenvalue weighted by Gasteiger charge is -2.04. The fraction of sp³-hybridized carbons (Fsp3) is 0. The Hall–Kier alpha value is -3.67. The highest BCUT2D eigenvalue weighted by molar-refractivity contribution is 5.97. The van der Waals surface area contributed by atoms with Crippen molar-refractivity contribution in [2.75, 3.05) is 0 Å². The van der Waals surface area contributed by atoms with Crippen molar-refractivity contribution >= 4 is 18.0 Å². The molecule has 1 aromatic heterocycles. The summed E-state index contributed by atoms with van der Waals surface area (Å²) in [6.07, 6.45) is 7.05. The Morgan fingerprint density at radius 3 is 2.40 bits per heavy atom. The van der Waals surface area contributed by atoms with Crippen LogP contribution >= 0.6 is 0 Å². The lowest BCUT2D eigenvalue weighted by atomic mass is 10.1. The summed E-state index contributed by atoms with van der Waals surface area (Å²) in [6.45, 7) is 0. The van der Waals surface area contributed by atoms with Gasteiger partial charge in [0.15, 0.2) is 11.7 Å². The van der Waals surface area contributed by atoms with Crippen LogP contribution in [0.2, 0.25) is 0 Å². The Balaban J connectivity index is 1.90. The molecule has 0 atom stereocenters. The summed E-state index contributed by atoms with van der Waals surface area (Å²) < 4.78 is 0. The summed E-state index contributed by atoms with van der Waals surface area (Å²) in [5.74, 6) is 0.643. The first-order valence-electron chi connectivity index (χ1n) is 7.54. The van der Waals surface area contributed by atoms with E-state index in [9.17, 15) is 5.11 Å². The topological polar surface area (TPSA) is 105 Å². The van der Waals surface area contributed by atoms with Crippen LogP contribution in [-0.4, -0.2) is 26.1 Å². The molecule has 6 nitrogen and oxygen atoms in total. The Labute approximate surface area is 144 Å². The molecule has 6 heteroatoms. The predicted molar refractivity (Wildman–Crippen MR) is 97.0 cm³/mol. The normalized spacial score (nSPS) is 11.8. The number of nitrogens with two attached hydrogens (primary N) is 1. The maximum Gasteiger partial charge on any atom is 0.170 e. The zero-order chi connectivity index (χ0) is 17.6. The van der Waals surface area contributed by atoms with Crippen molar-refractivity contribution in [3.8, 4) is 17.1 Å². The van der Waals surface area contributed by atoms with E-state index in [1.165, 1.54) is 0 Å². The van der Waals surface area contributed by atoms with Crippen molar-refractivity contribution in [2.24, 2.45) is 10.9 Å². The monoisotopic (exact) mass is 332 g/mol. The zero-order valence-electron chi connectivity index (χ0n) is 13.2. The lowest BCUT2D eigenvalue weighted by Crippen LogP contribution is -2.12. The highest BCUT2D eigenvalue weighted by Gasteiger charge is 2.07. The van der Waals surface area contributed by atoms with E-state index in [2.05, 4.69) is 15.1 Å². The summed E-state index contributed by atoms with van der Waals surface area (Å²) >= 11 is 0. The molecule has 3 rings (SSSR count). The fourth-order valence-electron chi connectivity index (χ4n) is 2.33. The van der Waals surface area contributed by atoms with Gasteiger partial charge in [-0.2, -0.15) is 0 Å². The fourth-order valence-corrected chi connectivity index (χ4v) is 2.33. The Morgan fingerprint density at radius 1 is 0.960 bits per heavy atom. The number of phenols is 1. The van der Waals surface area contributed by atoms with E-state index in [0.29, 0.717) is 17.0 Å². The van der Waals surface area contributed by atoms with Crippen LogP contribution in [0.4, 0.5) is 0 Å². The van der Waals surface area contributed by atoms with E-state index >= 15 is 0 Å². The molecular formula is C19H16N4O2. The lowest BCUT2D eigenvalue weighted by molar-refractivity contribution is 0.318. The van der Waals surface area contributed by atoms with E-state index in [0.717, 1.165) is 11.1 Å². The smallest absolute Gasteiger partial charge is 0.170 e. The third-order valence-corrected chi connectivity index (χ3v) is 3.59. The van der Waals surface area contributed by atoms with Gasteiger partial charge in [0, 0.05) is 18.0 Å². The molecule has 4 N–H and O–H groups in total. The average molecular weight is 332 g/mol. The number of hydrogen-bond acceptors (Lipinski definition) is 5. The highest BCUT2D eigenvalue weighted by Crippen LogP contribution is 2.27. The molecule has 1 heterocycles. The minimum Gasteiger partial charge on any atom is -0.507 e. The molecule has 0 saturated heterocycles. The molecule has 0 aliphatic rings. The predicted octanol–water partition coefficient (Wildman–Crippen LogP) is 3.11. The summed E-state index contributed by atoms with van der Waals surface area (Å²) in [5, 5.41) is 21.8. The van der Waals surface area contributed by atoms with Gasteiger partial charge in [0.05, 0.1) is 5.56 Å². The van der Waals surface area contributed by atoms with E-state index in [1.54, 1.807) is 36.7 Å². The zero-order valence-corrected chi connectivity index (χ0v) is 13.2. The van der Waals surface area contributed by atoms with E-state index in [-0.39, 0.29) is 11.6 Å². The van der Waals surface area contributed by atoms with E-state index in [1.807, 2.05) is 36.4 Å². The third kappa shape index (κ3) is 3.81. The van der Waals surface area contributed by atoms with Crippen LogP contribution in [-0.2, 0) is 0 Å². The maximum absolute atomic E-state index is 10.0. The molecule has 0 spiro atoms. The molecule has 0 aliphatic carbocycles. The number of nitrogens with zero attached hydrogens (tertiary/aromatic N) is 3. The van der Waals surface area contributed by atoms with Gasteiger partial charge in [0.2, 0.25) is 0 Å². The summed E-state index contributed by atoms with van der Waals surface area (Å²) in [4.78, 5) is 8.33. The number of aromatic nitrogens is 2. The van der Waals surface area contributed by atoms with Crippen LogP contribution in [0.1, 0.15) is 16.7 Å². The van der Waals surface area contributed by atoms with Crippen LogP contribution < -0.4 is 5.73 Å². The third-order valence-electron chi connectivity index (χ3n) is 3.59. The number of phenolic OH excluding ortho intramolecular Hbond substituents is 1. The van der Waals surface area contributed by atoms with Crippen molar-refractivity contribution in [3.63, 3.8) is 0 Å². The molecule has 3 aromatic rings. The van der Waals surface area contributed by atoms with Gasteiger partial charge in [0.1, 0.15) is 5.75 Å². The number of amidine groups is 1. The standard InChI is InChI=1S/C19H16N4O2/c20-18(23-25)15-4-1-3-13(11-15)5-6-14-7-8-17(24)16(12-14)19-21-9-2-10-22-19/h1-12,24-25H,(H2,20,23)/b6-5+. The second-order valence-electron chi connectivity index (χ2n) is 5.29. The van der Waals surface area contributed by atoms with Gasteiger partial charge in [0.25, 0.3) is 0 Å². The van der Waals surface area contributed by atoms with Crippen molar-refractivity contribution in [1.29, 1.82) is 0 Å². The van der Waals surface area contributed by atoms with Gasteiger partial charge in [-0.15, -0.1) is 0 Å². The van der Waals surface area contributed by atoms with Crippen molar-refractivity contribution < 1.29 is 10.3 Å². The van der Waals surface area contributed by atoms with Crippen LogP contribution in [0.15, 0.2) is 66.1 Å². The minimum absolute atomic E-state index is 0.0587. The number of hydrogen-bond donors (Lipinski definition) is 3. The average Bonchev–Trinajstić information content (AvgIpc) is 2.67. The summed E-state index contributed by atoms with van der Waals surface area (Å²) in [7, 11) is 0. The number of rotatable bonds is 4. The Bertz CT molecular complexity index is 937. The van der Waals surface area contributed by atoms with E-state index in [4.69, 9.17) is 10.9 Å². The van der Waals surface area contributed by atoms with Gasteiger partial charge >= 0.3 is 0 Å². The quantitative estimate of drug-likeness (QED) is 0.224. The van der Waals surface area contributed by atoms with Crippen LogP contribution in [0.25, 0.3) is 23.5 Å². The van der Waals surface area contributed by atoms with Gasteiger partial charge in [-0.25, -0.2) is 9.97 Å². The second kappa shape index (κ2) is 7.27. The van der Waals surface area contributed by atoms with Gasteiger partial charge < -0.3 is 16.0 Å². The minimum atomic E-state index is 0.0587. The molecule has 0 fully saturated rings. The number of aromatic hydroxyl groups is 1.